The highest BCUT2D eigenvalue weighted by Gasteiger charge is 2.44. The molecule has 1 saturated carbocycles. The van der Waals surface area contributed by atoms with Crippen molar-refractivity contribution in [1.29, 1.82) is 0 Å². The maximum atomic E-state index is 10.5. The smallest absolute Gasteiger partial charge is 0.307 e. The fourth-order valence-corrected chi connectivity index (χ4v) is 2.59. The van der Waals surface area contributed by atoms with Gasteiger partial charge in [-0.25, -0.2) is 0 Å². The van der Waals surface area contributed by atoms with Crippen molar-refractivity contribution in [2.75, 3.05) is 0 Å². The van der Waals surface area contributed by atoms with Gasteiger partial charge < -0.3 is 5.11 Å². The van der Waals surface area contributed by atoms with Gasteiger partial charge in [0.05, 0.1) is 9.70 Å². The minimum Gasteiger partial charge on any atom is -0.481 e. The molecule has 0 radical (unpaired) electrons. The van der Waals surface area contributed by atoms with Crippen LogP contribution in [0, 0.1) is 5.92 Å². The van der Waals surface area contributed by atoms with Gasteiger partial charge in [-0.2, -0.15) is 0 Å². The standard InChI is InChI=1S/C8H7BrO2S/c9-7-1-4(3-12-7)5-2-6(5)8(10)11/h1,3,5-6H,2H2,(H,10,11). The summed E-state index contributed by atoms with van der Waals surface area (Å²) in [6.07, 6.45) is 0.804. The van der Waals surface area contributed by atoms with Gasteiger partial charge in [0.15, 0.2) is 0 Å². The zero-order chi connectivity index (χ0) is 8.72. The molecule has 1 aromatic heterocycles. The summed E-state index contributed by atoms with van der Waals surface area (Å²) in [4.78, 5) is 10.5. The third kappa shape index (κ3) is 1.41. The number of hydrogen-bond acceptors (Lipinski definition) is 2. The van der Waals surface area contributed by atoms with Crippen LogP contribution >= 0.6 is 27.3 Å². The highest BCUT2D eigenvalue weighted by atomic mass is 79.9. The first-order chi connectivity index (χ1) is 5.68. The van der Waals surface area contributed by atoms with Gasteiger partial charge in [0, 0.05) is 0 Å². The number of thiophene rings is 1. The molecule has 2 unspecified atom stereocenters. The van der Waals surface area contributed by atoms with Gasteiger partial charge in [0.2, 0.25) is 0 Å². The molecule has 0 spiro atoms. The van der Waals surface area contributed by atoms with Crippen LogP contribution in [0.1, 0.15) is 17.9 Å². The summed E-state index contributed by atoms with van der Waals surface area (Å²) in [5.41, 5.74) is 1.17. The Labute approximate surface area is 82.3 Å². The number of aliphatic carboxylic acids is 1. The molecule has 0 aromatic carbocycles. The van der Waals surface area contributed by atoms with Crippen LogP contribution in [-0.4, -0.2) is 11.1 Å². The van der Waals surface area contributed by atoms with Crippen LogP contribution in [0.4, 0.5) is 0 Å². The monoisotopic (exact) mass is 246 g/mol. The van der Waals surface area contributed by atoms with Crippen molar-refractivity contribution < 1.29 is 9.90 Å². The molecule has 2 atom stereocenters. The zero-order valence-corrected chi connectivity index (χ0v) is 8.56. The lowest BCUT2D eigenvalue weighted by molar-refractivity contribution is -0.138. The molecule has 1 heterocycles. The number of carboxylic acid groups (broad SMARTS) is 1. The first-order valence-electron chi connectivity index (χ1n) is 3.65. The van der Waals surface area contributed by atoms with Crippen LogP contribution in [0.2, 0.25) is 0 Å². The summed E-state index contributed by atoms with van der Waals surface area (Å²) >= 11 is 4.97. The van der Waals surface area contributed by atoms with E-state index in [1.807, 2.05) is 11.4 Å². The topological polar surface area (TPSA) is 37.3 Å². The summed E-state index contributed by atoms with van der Waals surface area (Å²) in [5, 5.41) is 10.7. The number of rotatable bonds is 2. The molecule has 12 heavy (non-hydrogen) atoms. The van der Waals surface area contributed by atoms with Crippen LogP contribution < -0.4 is 0 Å². The SMILES string of the molecule is O=C(O)C1CC1c1csc(Br)c1. The fraction of sp³-hybridized carbons (Fsp3) is 0.375. The Morgan fingerprint density at radius 1 is 1.75 bits per heavy atom. The molecular formula is C8H7BrO2S. The van der Waals surface area contributed by atoms with Gasteiger partial charge in [-0.15, -0.1) is 11.3 Å². The van der Waals surface area contributed by atoms with Crippen molar-refractivity contribution in [2.45, 2.75) is 12.3 Å². The van der Waals surface area contributed by atoms with Gasteiger partial charge in [0.1, 0.15) is 0 Å². The highest BCUT2D eigenvalue weighted by molar-refractivity contribution is 9.11. The van der Waals surface area contributed by atoms with E-state index in [1.54, 1.807) is 11.3 Å². The molecular weight excluding hydrogens is 240 g/mol. The molecule has 1 fully saturated rings. The molecule has 64 valence electrons. The Balaban J connectivity index is 2.10. The molecule has 1 aromatic rings. The Kier molecular flexibility index (Phi) is 1.96. The van der Waals surface area contributed by atoms with Gasteiger partial charge in [-0.3, -0.25) is 4.79 Å². The maximum Gasteiger partial charge on any atom is 0.307 e. The summed E-state index contributed by atoms with van der Waals surface area (Å²) in [7, 11) is 0. The number of carboxylic acids is 1. The summed E-state index contributed by atoms with van der Waals surface area (Å²) in [5.74, 6) is -0.529. The second-order valence-electron chi connectivity index (χ2n) is 2.97. The molecule has 0 bridgehead atoms. The maximum absolute atomic E-state index is 10.5. The van der Waals surface area contributed by atoms with Crippen molar-refractivity contribution in [3.05, 3.63) is 20.8 Å². The largest absolute Gasteiger partial charge is 0.481 e. The number of hydrogen-bond donors (Lipinski definition) is 1. The molecule has 2 rings (SSSR count). The van der Waals surface area contributed by atoms with E-state index in [0.717, 1.165) is 10.2 Å². The van der Waals surface area contributed by atoms with E-state index in [4.69, 9.17) is 5.11 Å². The van der Waals surface area contributed by atoms with Crippen LogP contribution in [0.25, 0.3) is 0 Å². The van der Waals surface area contributed by atoms with E-state index in [-0.39, 0.29) is 11.8 Å². The lowest BCUT2D eigenvalue weighted by atomic mass is 10.2. The molecule has 2 nitrogen and oxygen atoms in total. The average molecular weight is 247 g/mol. The van der Waals surface area contributed by atoms with E-state index in [2.05, 4.69) is 15.9 Å². The second-order valence-corrected chi connectivity index (χ2v) is 5.26. The van der Waals surface area contributed by atoms with Crippen LogP contribution in [0.3, 0.4) is 0 Å². The predicted molar refractivity (Wildman–Crippen MR) is 50.5 cm³/mol. The Hall–Kier alpha value is -0.350. The summed E-state index contributed by atoms with van der Waals surface area (Å²) in [6.45, 7) is 0. The Morgan fingerprint density at radius 3 is 2.92 bits per heavy atom. The van der Waals surface area contributed by atoms with Gasteiger partial charge in [0.25, 0.3) is 0 Å². The third-order valence-corrected chi connectivity index (χ3v) is 3.65. The highest BCUT2D eigenvalue weighted by Crippen LogP contribution is 2.49. The van der Waals surface area contributed by atoms with E-state index in [9.17, 15) is 4.79 Å². The first-order valence-corrected chi connectivity index (χ1v) is 5.32. The number of halogens is 1. The summed E-state index contributed by atoms with van der Waals surface area (Å²) in [6, 6.07) is 2.01. The van der Waals surface area contributed by atoms with Gasteiger partial charge >= 0.3 is 5.97 Å². The molecule has 0 saturated heterocycles. The van der Waals surface area contributed by atoms with E-state index >= 15 is 0 Å². The molecule has 0 amide bonds. The minimum absolute atomic E-state index is 0.133. The van der Waals surface area contributed by atoms with Crippen molar-refractivity contribution in [3.63, 3.8) is 0 Å². The normalized spacial score (nSPS) is 27.1. The van der Waals surface area contributed by atoms with Gasteiger partial charge in [-0.05, 0) is 45.3 Å². The Bertz CT molecular complexity index is 321. The molecule has 0 aliphatic heterocycles. The first kappa shape index (κ1) is 8.26. The quantitative estimate of drug-likeness (QED) is 0.872. The lowest BCUT2D eigenvalue weighted by Gasteiger charge is -1.89. The molecule has 1 N–H and O–H groups in total. The molecule has 4 heteroatoms. The summed E-state index contributed by atoms with van der Waals surface area (Å²) < 4.78 is 1.08. The van der Waals surface area contributed by atoms with Crippen molar-refractivity contribution in [1.82, 2.24) is 0 Å². The second kappa shape index (κ2) is 2.85. The van der Waals surface area contributed by atoms with Crippen molar-refractivity contribution in [3.8, 4) is 0 Å². The van der Waals surface area contributed by atoms with Gasteiger partial charge in [-0.1, -0.05) is 0 Å². The third-order valence-electron chi connectivity index (χ3n) is 2.12. The Morgan fingerprint density at radius 2 is 2.50 bits per heavy atom. The van der Waals surface area contributed by atoms with E-state index in [1.165, 1.54) is 5.56 Å². The van der Waals surface area contributed by atoms with Crippen molar-refractivity contribution >= 4 is 33.2 Å². The van der Waals surface area contributed by atoms with Crippen molar-refractivity contribution in [2.24, 2.45) is 5.92 Å². The zero-order valence-electron chi connectivity index (χ0n) is 6.16. The van der Waals surface area contributed by atoms with Crippen LogP contribution in [0.5, 0.6) is 0 Å². The van der Waals surface area contributed by atoms with Crippen LogP contribution in [0.15, 0.2) is 15.2 Å². The lowest BCUT2D eigenvalue weighted by Crippen LogP contribution is -1.98. The molecule has 1 aliphatic rings. The number of carbonyl (C=O) groups is 1. The van der Waals surface area contributed by atoms with E-state index in [0.29, 0.717) is 0 Å². The molecule has 1 aliphatic carbocycles. The van der Waals surface area contributed by atoms with E-state index < -0.39 is 5.97 Å². The predicted octanol–water partition coefficient (Wildman–Crippen LogP) is 2.70. The minimum atomic E-state index is -0.665. The van der Waals surface area contributed by atoms with Crippen LogP contribution in [-0.2, 0) is 4.79 Å². The fourth-order valence-electron chi connectivity index (χ4n) is 1.35. The average Bonchev–Trinajstić information content (AvgIpc) is 2.70.